The van der Waals surface area contributed by atoms with Crippen LogP contribution in [0.15, 0.2) is 5.16 Å². The molecule has 0 aromatic heterocycles. The van der Waals surface area contributed by atoms with E-state index in [9.17, 15) is 22.4 Å². The van der Waals surface area contributed by atoms with Crippen LogP contribution in [0.25, 0.3) is 0 Å². The summed E-state index contributed by atoms with van der Waals surface area (Å²) in [6.45, 7) is 3.41. The first-order valence-corrected chi connectivity index (χ1v) is 6.80. The van der Waals surface area contributed by atoms with Crippen LogP contribution in [0.2, 0.25) is 0 Å². The van der Waals surface area contributed by atoms with E-state index in [0.717, 1.165) is 13.1 Å². The number of nitrogens with zero attached hydrogens (tertiary/aromatic N) is 1. The second-order valence-corrected chi connectivity index (χ2v) is 6.06. The van der Waals surface area contributed by atoms with Crippen LogP contribution in [0.1, 0.15) is 25.0 Å². The molecule has 0 bridgehead atoms. The van der Waals surface area contributed by atoms with Crippen LogP contribution in [0, 0.1) is 47.4 Å². The molecule has 1 aromatic rings. The fourth-order valence-electron chi connectivity index (χ4n) is 2.62. The van der Waals surface area contributed by atoms with Gasteiger partial charge in [-0.25, -0.2) is 17.6 Å². The highest BCUT2D eigenvalue weighted by Gasteiger charge is 2.62. The van der Waals surface area contributed by atoms with Crippen LogP contribution in [-0.2, 0) is 16.1 Å². The number of halogens is 4. The zero-order chi connectivity index (χ0) is 17.5. The topological polar surface area (TPSA) is 58.9 Å². The molecule has 1 aliphatic rings. The Morgan fingerprint density at radius 1 is 1.22 bits per heavy atom. The van der Waals surface area contributed by atoms with Gasteiger partial charge < -0.3 is 9.94 Å². The summed E-state index contributed by atoms with van der Waals surface area (Å²) in [6.07, 6.45) is 1.16. The molecular formula is C15H15F4NO3. The van der Waals surface area contributed by atoms with E-state index in [-0.39, 0.29) is 5.92 Å². The Morgan fingerprint density at radius 2 is 1.74 bits per heavy atom. The van der Waals surface area contributed by atoms with E-state index in [1.807, 2.05) is 0 Å². The Bertz CT molecular complexity index is 659. The molecule has 1 fully saturated rings. The second kappa shape index (κ2) is 5.82. The molecule has 1 aromatic carbocycles. The predicted octanol–water partition coefficient (Wildman–Crippen LogP) is 3.33. The maximum atomic E-state index is 13.7. The molecule has 1 aliphatic carbocycles. The van der Waals surface area contributed by atoms with Crippen molar-refractivity contribution < 1.29 is 32.3 Å². The van der Waals surface area contributed by atoms with E-state index in [1.54, 1.807) is 13.8 Å². The number of ether oxygens (including phenoxy) is 1. The largest absolute Gasteiger partial charge is 0.460 e. The molecule has 0 heterocycles. The minimum Gasteiger partial charge on any atom is -0.460 e. The maximum absolute atomic E-state index is 13.7. The molecule has 0 radical (unpaired) electrons. The lowest BCUT2D eigenvalue weighted by Crippen LogP contribution is -2.14. The van der Waals surface area contributed by atoms with Crippen LogP contribution in [0.4, 0.5) is 17.6 Å². The Morgan fingerprint density at radius 3 is 2.22 bits per heavy atom. The molecule has 0 unspecified atom stereocenters. The van der Waals surface area contributed by atoms with Crippen molar-refractivity contribution in [1.82, 2.24) is 0 Å². The number of esters is 1. The average Bonchev–Trinajstić information content (AvgIpc) is 3.04. The summed E-state index contributed by atoms with van der Waals surface area (Å²) < 4.78 is 59.1. The molecule has 0 amide bonds. The van der Waals surface area contributed by atoms with E-state index in [0.29, 0.717) is 0 Å². The Labute approximate surface area is 129 Å². The van der Waals surface area contributed by atoms with Gasteiger partial charge in [-0.2, -0.15) is 0 Å². The van der Waals surface area contributed by atoms with Crippen molar-refractivity contribution in [2.45, 2.75) is 27.4 Å². The summed E-state index contributed by atoms with van der Waals surface area (Å²) in [6, 6.07) is 0. The van der Waals surface area contributed by atoms with Gasteiger partial charge in [0.15, 0.2) is 23.3 Å². The molecule has 1 saturated carbocycles. The number of benzene rings is 1. The van der Waals surface area contributed by atoms with Gasteiger partial charge in [0.1, 0.15) is 6.61 Å². The zero-order valence-electron chi connectivity index (χ0n) is 12.7. The van der Waals surface area contributed by atoms with Crippen LogP contribution in [-0.4, -0.2) is 17.4 Å². The number of hydrogen-bond donors (Lipinski definition) is 1. The van der Waals surface area contributed by atoms with Gasteiger partial charge in [0.05, 0.1) is 11.5 Å². The molecule has 2 rings (SSSR count). The maximum Gasteiger partial charge on any atom is 0.310 e. The molecule has 4 nitrogen and oxygen atoms in total. The van der Waals surface area contributed by atoms with Crippen LogP contribution in [0.3, 0.4) is 0 Å². The van der Waals surface area contributed by atoms with E-state index in [1.165, 1.54) is 0 Å². The summed E-state index contributed by atoms with van der Waals surface area (Å²) in [7, 11) is 0. The summed E-state index contributed by atoms with van der Waals surface area (Å²) in [5.41, 5.74) is -2.30. The van der Waals surface area contributed by atoms with Gasteiger partial charge in [-0.1, -0.05) is 13.8 Å². The molecule has 8 heteroatoms. The predicted molar refractivity (Wildman–Crippen MR) is 71.8 cm³/mol. The molecule has 23 heavy (non-hydrogen) atoms. The van der Waals surface area contributed by atoms with E-state index >= 15 is 0 Å². The lowest BCUT2D eigenvalue weighted by molar-refractivity contribution is -0.147. The zero-order valence-corrected chi connectivity index (χ0v) is 12.7. The number of oxime groups is 1. The Balaban J connectivity index is 2.15. The van der Waals surface area contributed by atoms with Gasteiger partial charge in [0.2, 0.25) is 0 Å². The quantitative estimate of drug-likeness (QED) is 0.230. The summed E-state index contributed by atoms with van der Waals surface area (Å²) in [4.78, 5) is 11.9. The molecule has 1 N–H and O–H groups in total. The van der Waals surface area contributed by atoms with Crippen molar-refractivity contribution in [3.05, 3.63) is 34.4 Å². The monoisotopic (exact) mass is 333 g/mol. The SMILES string of the molecule is Cc1c(F)c(F)c(COC(=O)[C@@H]2[C@@H](/C=N/O)C2(C)C)c(F)c1F. The number of rotatable bonds is 4. The Kier molecular flexibility index (Phi) is 4.37. The minimum atomic E-state index is -1.59. The fourth-order valence-corrected chi connectivity index (χ4v) is 2.62. The second-order valence-electron chi connectivity index (χ2n) is 6.06. The van der Waals surface area contributed by atoms with Crippen LogP contribution >= 0.6 is 0 Å². The molecule has 0 spiro atoms. The van der Waals surface area contributed by atoms with Gasteiger partial charge in [-0.05, 0) is 12.3 Å². The van der Waals surface area contributed by atoms with Gasteiger partial charge in [-0.3, -0.25) is 4.79 Å². The van der Waals surface area contributed by atoms with Crippen LogP contribution < -0.4 is 0 Å². The van der Waals surface area contributed by atoms with Gasteiger partial charge in [0, 0.05) is 17.7 Å². The number of hydrogen-bond acceptors (Lipinski definition) is 4. The van der Waals surface area contributed by atoms with Crippen molar-refractivity contribution in [3.8, 4) is 0 Å². The smallest absolute Gasteiger partial charge is 0.310 e. The van der Waals surface area contributed by atoms with Crippen molar-refractivity contribution in [2.75, 3.05) is 0 Å². The third-order valence-corrected chi connectivity index (χ3v) is 4.32. The first-order valence-electron chi connectivity index (χ1n) is 6.80. The molecule has 0 saturated heterocycles. The lowest BCUT2D eigenvalue weighted by atomic mass is 10.1. The van der Waals surface area contributed by atoms with Crippen molar-refractivity contribution >= 4 is 12.2 Å². The molecule has 2 atom stereocenters. The van der Waals surface area contributed by atoms with Crippen LogP contribution in [0.5, 0.6) is 0 Å². The van der Waals surface area contributed by atoms with Gasteiger partial charge in [0.25, 0.3) is 0 Å². The third kappa shape index (κ3) is 2.77. The highest BCUT2D eigenvalue weighted by atomic mass is 19.2. The standard InChI is InChI=1S/C15H15F4NO3/c1-6-10(16)12(18)7(13(19)11(6)17)5-23-14(21)9-8(4-20-22)15(9,2)3/h4,8-9,22H,5H2,1-3H3/b20-4+/t8-,9+/m1/s1. The van der Waals surface area contributed by atoms with E-state index in [2.05, 4.69) is 5.16 Å². The normalized spacial score (nSPS) is 22.4. The average molecular weight is 333 g/mol. The van der Waals surface area contributed by atoms with Gasteiger partial charge >= 0.3 is 5.97 Å². The molecular weight excluding hydrogens is 318 g/mol. The lowest BCUT2D eigenvalue weighted by Gasteiger charge is -2.10. The molecule has 126 valence electrons. The highest BCUT2D eigenvalue weighted by molar-refractivity contribution is 5.85. The van der Waals surface area contributed by atoms with Crippen molar-refractivity contribution in [1.29, 1.82) is 0 Å². The third-order valence-electron chi connectivity index (χ3n) is 4.32. The van der Waals surface area contributed by atoms with E-state index < -0.39 is 58.3 Å². The summed E-state index contributed by atoms with van der Waals surface area (Å²) >= 11 is 0. The Hall–Kier alpha value is -2.12. The summed E-state index contributed by atoms with van der Waals surface area (Å²) in [5.74, 6) is -8.06. The summed E-state index contributed by atoms with van der Waals surface area (Å²) in [5, 5.41) is 11.4. The fraction of sp³-hybridized carbons (Fsp3) is 0.467. The number of carbonyl (C=O) groups is 1. The number of carbonyl (C=O) groups excluding carboxylic acids is 1. The first-order chi connectivity index (χ1) is 10.6. The molecule has 0 aliphatic heterocycles. The van der Waals surface area contributed by atoms with Gasteiger partial charge in [-0.15, -0.1) is 5.16 Å². The highest BCUT2D eigenvalue weighted by Crippen LogP contribution is 2.57. The van der Waals surface area contributed by atoms with Crippen molar-refractivity contribution in [3.63, 3.8) is 0 Å². The van der Waals surface area contributed by atoms with E-state index in [4.69, 9.17) is 9.94 Å². The van der Waals surface area contributed by atoms with Crippen molar-refractivity contribution in [2.24, 2.45) is 22.4 Å². The minimum absolute atomic E-state index is 0.388. The first kappa shape index (κ1) is 17.2.